The van der Waals surface area contributed by atoms with E-state index in [-0.39, 0.29) is 37.7 Å². The molecule has 0 aliphatic carbocycles. The SMILES string of the molecule is CC/C=C\C=O.[Ar]. The molecule has 0 spiro atoms. The van der Waals surface area contributed by atoms with Crippen LogP contribution in [0, 0.1) is 37.7 Å². The predicted octanol–water partition coefficient (Wildman–Crippen LogP) is 1.15. The topological polar surface area (TPSA) is 17.1 Å². The Hall–Kier alpha value is 0.670. The normalized spacial score (nSPS) is 8.14. The predicted molar refractivity (Wildman–Crippen MR) is 25.5 cm³/mol. The Labute approximate surface area is 73.8 Å². The Balaban J connectivity index is 0. The molecule has 2 heteroatoms. The number of allylic oxidation sites excluding steroid dienone is 2. The van der Waals surface area contributed by atoms with Crippen LogP contribution < -0.4 is 0 Å². The number of hydrogen-bond donors (Lipinski definition) is 0. The van der Waals surface area contributed by atoms with E-state index < -0.39 is 0 Å². The van der Waals surface area contributed by atoms with Crippen LogP contribution in [0.4, 0.5) is 0 Å². The van der Waals surface area contributed by atoms with Crippen molar-refractivity contribution in [2.45, 2.75) is 13.3 Å². The van der Waals surface area contributed by atoms with Crippen molar-refractivity contribution in [1.82, 2.24) is 0 Å². The van der Waals surface area contributed by atoms with Crippen LogP contribution in [0.5, 0.6) is 0 Å². The molecule has 0 aromatic carbocycles. The minimum atomic E-state index is 0. The molecule has 0 N–H and O–H groups in total. The average Bonchev–Trinajstić information content (AvgIpc) is 1.61. The van der Waals surface area contributed by atoms with E-state index in [1.165, 1.54) is 6.08 Å². The summed E-state index contributed by atoms with van der Waals surface area (Å²) in [5, 5.41) is 0. The van der Waals surface area contributed by atoms with Gasteiger partial charge in [-0.25, -0.2) is 0 Å². The number of hydrogen-bond acceptors (Lipinski definition) is 1. The average molecular weight is 124 g/mol. The summed E-state index contributed by atoms with van der Waals surface area (Å²) in [5.74, 6) is 0. The molecule has 0 aliphatic rings. The van der Waals surface area contributed by atoms with E-state index >= 15 is 0 Å². The van der Waals surface area contributed by atoms with E-state index in [4.69, 9.17) is 0 Å². The van der Waals surface area contributed by atoms with Gasteiger partial charge in [0.2, 0.25) is 0 Å². The zero-order valence-electron chi connectivity index (χ0n) is 4.20. The van der Waals surface area contributed by atoms with Crippen molar-refractivity contribution in [1.29, 1.82) is 0 Å². The van der Waals surface area contributed by atoms with Gasteiger partial charge >= 0.3 is 0 Å². The van der Waals surface area contributed by atoms with Crippen molar-refractivity contribution in [3.8, 4) is 0 Å². The molecule has 0 aromatic rings. The zero-order chi connectivity index (χ0) is 4.83. The Bertz CT molecular complexity index is 59.1. The molecule has 0 aromatic heterocycles. The van der Waals surface area contributed by atoms with Crippen molar-refractivity contribution in [2.24, 2.45) is 0 Å². The summed E-state index contributed by atoms with van der Waals surface area (Å²) in [7, 11) is 0. The monoisotopic (exact) mass is 124 g/mol. The maximum Gasteiger partial charge on any atom is 0.142 e. The van der Waals surface area contributed by atoms with Crippen molar-refractivity contribution < 1.29 is 42.5 Å². The van der Waals surface area contributed by atoms with Crippen LogP contribution in [0.2, 0.25) is 0 Å². The molecule has 1 nitrogen and oxygen atoms in total. The summed E-state index contributed by atoms with van der Waals surface area (Å²) in [6.07, 6.45) is 5.04. The van der Waals surface area contributed by atoms with E-state index in [2.05, 4.69) is 0 Å². The summed E-state index contributed by atoms with van der Waals surface area (Å²) < 4.78 is 0. The summed E-state index contributed by atoms with van der Waals surface area (Å²) >= 11 is 0. The molecule has 0 atom stereocenters. The van der Waals surface area contributed by atoms with Gasteiger partial charge in [0.25, 0.3) is 0 Å². The Morgan fingerprint density at radius 3 is 2.29 bits per heavy atom. The molecule has 0 fully saturated rings. The maximum absolute atomic E-state index is 9.48. The van der Waals surface area contributed by atoms with Crippen LogP contribution in [0.15, 0.2) is 12.2 Å². The van der Waals surface area contributed by atoms with Crippen LogP contribution >= 0.6 is 0 Å². The first-order valence-corrected chi connectivity index (χ1v) is 2.02. The third-order valence-corrected chi connectivity index (χ3v) is 0.450. The van der Waals surface area contributed by atoms with Crippen molar-refractivity contribution in [3.63, 3.8) is 0 Å². The second kappa shape index (κ2) is 9.83. The molecule has 0 amide bonds. The quantitative estimate of drug-likeness (QED) is 0.398. The van der Waals surface area contributed by atoms with Gasteiger partial charge in [0.15, 0.2) is 0 Å². The molecular formula is C5H8ArO. The molecule has 0 radical (unpaired) electrons. The molecule has 0 saturated carbocycles. The van der Waals surface area contributed by atoms with Gasteiger partial charge in [-0.15, -0.1) is 0 Å². The van der Waals surface area contributed by atoms with E-state index in [1.807, 2.05) is 13.0 Å². The van der Waals surface area contributed by atoms with E-state index in [0.29, 0.717) is 0 Å². The molecule has 0 bridgehead atoms. The molecule has 0 aliphatic heterocycles. The van der Waals surface area contributed by atoms with Crippen LogP contribution in [-0.4, -0.2) is 6.29 Å². The smallest absolute Gasteiger partial charge is 0.142 e. The Kier molecular flexibility index (Phi) is 14.9. The molecule has 0 unspecified atom stereocenters. The summed E-state index contributed by atoms with van der Waals surface area (Å²) in [5.41, 5.74) is 0. The first-order chi connectivity index (χ1) is 2.91. The first kappa shape index (κ1) is 10.6. The summed E-state index contributed by atoms with van der Waals surface area (Å²) in [4.78, 5) is 9.48. The molecule has 42 valence electrons. The van der Waals surface area contributed by atoms with Crippen LogP contribution in [-0.2, 0) is 4.79 Å². The van der Waals surface area contributed by atoms with Crippen LogP contribution in [0.25, 0.3) is 0 Å². The van der Waals surface area contributed by atoms with Crippen LogP contribution in [0.3, 0.4) is 0 Å². The Morgan fingerprint density at radius 2 is 2.14 bits per heavy atom. The maximum atomic E-state index is 9.48. The Morgan fingerprint density at radius 1 is 1.57 bits per heavy atom. The molecule has 0 rings (SSSR count). The van der Waals surface area contributed by atoms with Gasteiger partial charge in [0, 0.05) is 37.7 Å². The first-order valence-electron chi connectivity index (χ1n) is 2.02. The molecular weight excluding hydrogens is 116 g/mol. The molecule has 0 saturated heterocycles. The van der Waals surface area contributed by atoms with Gasteiger partial charge < -0.3 is 0 Å². The fourth-order valence-electron chi connectivity index (χ4n) is 0.192. The van der Waals surface area contributed by atoms with Crippen molar-refractivity contribution in [2.75, 3.05) is 0 Å². The second-order valence-electron chi connectivity index (χ2n) is 0.972. The fraction of sp³-hybridized carbons (Fsp3) is 0.400. The number of carbonyl (C=O) groups is 1. The van der Waals surface area contributed by atoms with Gasteiger partial charge in [-0.1, -0.05) is 13.0 Å². The van der Waals surface area contributed by atoms with Crippen molar-refractivity contribution in [3.05, 3.63) is 12.2 Å². The van der Waals surface area contributed by atoms with Gasteiger partial charge in [0.05, 0.1) is 0 Å². The number of rotatable bonds is 2. The van der Waals surface area contributed by atoms with E-state index in [9.17, 15) is 4.79 Å². The van der Waals surface area contributed by atoms with E-state index in [1.54, 1.807) is 0 Å². The van der Waals surface area contributed by atoms with Crippen LogP contribution in [0.1, 0.15) is 13.3 Å². The van der Waals surface area contributed by atoms with Gasteiger partial charge in [-0.2, -0.15) is 0 Å². The standard InChI is InChI=1S/C5H8O.Ar/c1-2-3-4-5-6;/h3-5H,2H2,1H3;/b4-3-;. The zero-order valence-corrected chi connectivity index (χ0v) is 4.91. The second-order valence-corrected chi connectivity index (χ2v) is 0.972. The number of carbonyl (C=O) groups excluding carboxylic acids is 1. The summed E-state index contributed by atoms with van der Waals surface area (Å²) in [6.45, 7) is 1.99. The minimum absolute atomic E-state index is 0. The number of aldehydes is 1. The third kappa shape index (κ3) is 10.8. The third-order valence-electron chi connectivity index (χ3n) is 0.450. The largest absolute Gasteiger partial charge is 0.299 e. The fourth-order valence-corrected chi connectivity index (χ4v) is 0.192. The molecule has 0 heterocycles. The van der Waals surface area contributed by atoms with Gasteiger partial charge in [-0.05, 0) is 12.5 Å². The van der Waals surface area contributed by atoms with Gasteiger partial charge in [-0.3, -0.25) is 4.79 Å². The van der Waals surface area contributed by atoms with E-state index in [0.717, 1.165) is 12.7 Å². The van der Waals surface area contributed by atoms with Crippen molar-refractivity contribution >= 4 is 6.29 Å². The minimum Gasteiger partial charge on any atom is -0.299 e. The van der Waals surface area contributed by atoms with Gasteiger partial charge in [0.1, 0.15) is 6.29 Å². The molecule has 7 heavy (non-hydrogen) atoms. The summed E-state index contributed by atoms with van der Waals surface area (Å²) in [6, 6.07) is 0.